The Labute approximate surface area is 164 Å². The molecule has 0 aliphatic heterocycles. The van der Waals surface area contributed by atoms with E-state index >= 15 is 0 Å². The second-order valence-corrected chi connectivity index (χ2v) is 5.81. The van der Waals surface area contributed by atoms with Crippen molar-refractivity contribution in [3.05, 3.63) is 59.7 Å². The van der Waals surface area contributed by atoms with Crippen molar-refractivity contribution in [1.82, 2.24) is 0 Å². The number of benzene rings is 2. The molecule has 2 rings (SSSR count). The Morgan fingerprint density at radius 1 is 0.759 bits per heavy atom. The lowest BCUT2D eigenvalue weighted by atomic mass is 10.1. The highest BCUT2D eigenvalue weighted by Crippen LogP contribution is 2.25. The normalized spacial score (nSPS) is 11.2. The summed E-state index contributed by atoms with van der Waals surface area (Å²) in [4.78, 5) is 23.8. The molecule has 0 amide bonds. The first-order valence-electron chi connectivity index (χ1n) is 8.07. The molecular weight excluding hydrogens is 384 g/mol. The van der Waals surface area contributed by atoms with E-state index in [-0.39, 0.29) is 10.5 Å². The summed E-state index contributed by atoms with van der Waals surface area (Å²) in [6.45, 7) is 0. The molecule has 4 N–H and O–H groups in total. The largest absolute Gasteiger partial charge is 0.871 e. The summed E-state index contributed by atoms with van der Waals surface area (Å²) in [7, 11) is 0. The van der Waals surface area contributed by atoms with Crippen molar-refractivity contribution in [3.8, 4) is 11.5 Å². The topological polar surface area (TPSA) is 168 Å². The highest BCUT2D eigenvalue weighted by atomic mass is 16.8. The number of hydrogen-bond acceptors (Lipinski definition) is 10. The summed E-state index contributed by atoms with van der Waals surface area (Å²) >= 11 is 0. The SMILES string of the molecule is O=C(/C=C/c1ccc([O-])c(N(O)O)c1)CC(=O)/C=C/c1ccc([O-])c(N(O)O)c1. The van der Waals surface area contributed by atoms with Crippen LogP contribution in [0, 0.1) is 0 Å². The predicted molar refractivity (Wildman–Crippen MR) is 96.6 cm³/mol. The lowest BCUT2D eigenvalue weighted by Gasteiger charge is -2.17. The van der Waals surface area contributed by atoms with Gasteiger partial charge in [0.1, 0.15) is 0 Å². The molecule has 0 spiro atoms. The molecule has 2 aromatic carbocycles. The first-order chi connectivity index (χ1) is 13.7. The quantitative estimate of drug-likeness (QED) is 0.287. The molecule has 29 heavy (non-hydrogen) atoms. The van der Waals surface area contributed by atoms with Gasteiger partial charge in [0.15, 0.2) is 11.6 Å². The van der Waals surface area contributed by atoms with E-state index in [1.807, 2.05) is 0 Å². The minimum atomic E-state index is -0.627. The molecule has 0 atom stereocenters. The first-order valence-corrected chi connectivity index (χ1v) is 8.07. The molecule has 0 unspecified atom stereocenters. The smallest absolute Gasteiger partial charge is 0.163 e. The zero-order valence-electron chi connectivity index (χ0n) is 14.8. The van der Waals surface area contributed by atoms with Crippen molar-refractivity contribution in [2.45, 2.75) is 6.42 Å². The summed E-state index contributed by atoms with van der Waals surface area (Å²) in [6, 6.07) is 7.21. The van der Waals surface area contributed by atoms with Gasteiger partial charge in [-0.15, -0.1) is 10.5 Å². The second kappa shape index (κ2) is 9.48. The molecule has 0 bridgehead atoms. The van der Waals surface area contributed by atoms with Crippen molar-refractivity contribution in [2.75, 3.05) is 10.5 Å². The molecule has 10 heteroatoms. The molecule has 0 saturated carbocycles. The van der Waals surface area contributed by atoms with Gasteiger partial charge in [-0.1, -0.05) is 47.9 Å². The van der Waals surface area contributed by atoms with E-state index in [0.717, 1.165) is 36.4 Å². The third-order valence-corrected chi connectivity index (χ3v) is 3.67. The molecule has 0 aromatic heterocycles. The predicted octanol–water partition coefficient (Wildman–Crippen LogP) is 1.26. The summed E-state index contributed by atoms with van der Waals surface area (Å²) < 4.78 is 0. The second-order valence-electron chi connectivity index (χ2n) is 5.81. The Hall–Kier alpha value is -3.70. The van der Waals surface area contributed by atoms with Crippen molar-refractivity contribution < 1.29 is 40.6 Å². The van der Waals surface area contributed by atoms with Crippen LogP contribution in [0.5, 0.6) is 11.5 Å². The van der Waals surface area contributed by atoms with Gasteiger partial charge in [0.05, 0.1) is 17.8 Å². The fourth-order valence-corrected chi connectivity index (χ4v) is 2.26. The van der Waals surface area contributed by atoms with E-state index in [2.05, 4.69) is 0 Å². The van der Waals surface area contributed by atoms with E-state index in [1.54, 1.807) is 0 Å². The van der Waals surface area contributed by atoms with E-state index in [4.69, 9.17) is 20.8 Å². The first kappa shape index (κ1) is 21.6. The monoisotopic (exact) mass is 400 g/mol. The highest BCUT2D eigenvalue weighted by molar-refractivity contribution is 6.10. The molecule has 0 fully saturated rings. The molecule has 0 radical (unpaired) electrons. The molecule has 0 saturated heterocycles. The summed E-state index contributed by atoms with van der Waals surface area (Å²) in [5.41, 5.74) is -0.114. The van der Waals surface area contributed by atoms with Crippen LogP contribution in [0.25, 0.3) is 12.2 Å². The van der Waals surface area contributed by atoms with Crippen molar-refractivity contribution in [1.29, 1.82) is 0 Å². The fourth-order valence-electron chi connectivity index (χ4n) is 2.26. The van der Waals surface area contributed by atoms with Gasteiger partial charge in [-0.3, -0.25) is 30.4 Å². The molecule has 0 heterocycles. The van der Waals surface area contributed by atoms with Gasteiger partial charge in [0, 0.05) is 0 Å². The number of carbonyl (C=O) groups excluding carboxylic acids is 2. The molecule has 152 valence electrons. The lowest BCUT2D eigenvalue weighted by Crippen LogP contribution is -2.13. The van der Waals surface area contributed by atoms with Gasteiger partial charge in [-0.2, -0.15) is 0 Å². The Morgan fingerprint density at radius 3 is 1.48 bits per heavy atom. The number of nitrogens with zero attached hydrogens (tertiary/aromatic N) is 2. The number of rotatable bonds is 8. The minimum Gasteiger partial charge on any atom is -0.871 e. The van der Waals surface area contributed by atoms with Crippen LogP contribution < -0.4 is 20.7 Å². The van der Waals surface area contributed by atoms with Crippen molar-refractivity contribution >= 4 is 35.1 Å². The van der Waals surface area contributed by atoms with Crippen LogP contribution in [0.2, 0.25) is 0 Å². The van der Waals surface area contributed by atoms with E-state index in [1.165, 1.54) is 24.3 Å². The number of hydrogen-bond donors (Lipinski definition) is 4. The number of carbonyl (C=O) groups is 2. The van der Waals surface area contributed by atoms with E-state index < -0.39 is 40.9 Å². The van der Waals surface area contributed by atoms with Crippen molar-refractivity contribution in [3.63, 3.8) is 0 Å². The van der Waals surface area contributed by atoms with E-state index in [0.29, 0.717) is 11.1 Å². The highest BCUT2D eigenvalue weighted by Gasteiger charge is 2.06. The third-order valence-electron chi connectivity index (χ3n) is 3.67. The van der Waals surface area contributed by atoms with Gasteiger partial charge >= 0.3 is 0 Å². The molecule has 0 aliphatic rings. The van der Waals surface area contributed by atoms with E-state index in [9.17, 15) is 19.8 Å². The summed E-state index contributed by atoms with van der Waals surface area (Å²) in [6.07, 6.45) is 4.37. The van der Waals surface area contributed by atoms with Gasteiger partial charge in [-0.05, 0) is 35.4 Å². The van der Waals surface area contributed by atoms with Crippen LogP contribution in [-0.4, -0.2) is 32.4 Å². The Kier molecular flexibility index (Phi) is 7.06. The lowest BCUT2D eigenvalue weighted by molar-refractivity contribution is -0.269. The number of anilines is 2. The van der Waals surface area contributed by atoms with Crippen LogP contribution in [0.4, 0.5) is 11.4 Å². The summed E-state index contributed by atoms with van der Waals surface area (Å²) in [5, 5.41) is 57.9. The zero-order chi connectivity index (χ0) is 21.6. The number of allylic oxidation sites excluding steroid dienone is 2. The van der Waals surface area contributed by atoms with Crippen LogP contribution >= 0.6 is 0 Å². The Bertz CT molecular complexity index is 889. The fraction of sp³-hybridized carbons (Fsp3) is 0.0526. The average Bonchev–Trinajstić information content (AvgIpc) is 2.66. The van der Waals surface area contributed by atoms with Crippen LogP contribution in [0.1, 0.15) is 17.5 Å². The van der Waals surface area contributed by atoms with Gasteiger partial charge in [-0.25, -0.2) is 0 Å². The minimum absolute atomic E-state index is 0.326. The number of ketones is 2. The van der Waals surface area contributed by atoms with Gasteiger partial charge < -0.3 is 10.2 Å². The maximum absolute atomic E-state index is 11.9. The average molecular weight is 400 g/mol. The molecule has 0 aliphatic carbocycles. The summed E-state index contributed by atoms with van der Waals surface area (Å²) in [5.74, 6) is -2.33. The molecule has 10 nitrogen and oxygen atoms in total. The van der Waals surface area contributed by atoms with Crippen LogP contribution in [0.3, 0.4) is 0 Å². The maximum Gasteiger partial charge on any atom is 0.163 e. The standard InChI is InChI=1S/C19H18N2O8/c22-14(5-1-12-3-7-18(24)16(9-12)20(26)27)11-15(23)6-2-13-4-8-19(25)17(10-13)21(28)29/h1-10,24-29H,11H2/p-2/b5-1+,6-2+. The van der Waals surface area contributed by atoms with Gasteiger partial charge in [0.2, 0.25) is 0 Å². The van der Waals surface area contributed by atoms with Crippen molar-refractivity contribution in [2.24, 2.45) is 0 Å². The Morgan fingerprint density at radius 2 is 1.14 bits per heavy atom. The Balaban J connectivity index is 2.00. The maximum atomic E-state index is 11.9. The third kappa shape index (κ3) is 6.16. The molecule has 2 aromatic rings. The van der Waals surface area contributed by atoms with Crippen LogP contribution in [0.15, 0.2) is 48.6 Å². The van der Waals surface area contributed by atoms with Crippen LogP contribution in [-0.2, 0) is 9.59 Å². The zero-order valence-corrected chi connectivity index (χ0v) is 14.8. The molecular formula is C19H16N2O8-2. The van der Waals surface area contributed by atoms with Gasteiger partial charge in [0.25, 0.3) is 0 Å².